The zero-order chi connectivity index (χ0) is 19.1. The van der Waals surface area contributed by atoms with Gasteiger partial charge >= 0.3 is 0 Å². The SMILES string of the molecule is CCCOc1ccc(C=O)c(OCCCO[Si](C)(C)C(C)(C)C)c1C. The van der Waals surface area contributed by atoms with Gasteiger partial charge in [0.05, 0.1) is 18.8 Å². The van der Waals surface area contributed by atoms with Crippen LogP contribution in [-0.4, -0.2) is 34.4 Å². The van der Waals surface area contributed by atoms with Crippen LogP contribution in [0.4, 0.5) is 0 Å². The molecule has 0 saturated carbocycles. The van der Waals surface area contributed by atoms with Crippen LogP contribution in [0.1, 0.15) is 56.5 Å². The van der Waals surface area contributed by atoms with Crippen molar-refractivity contribution in [1.29, 1.82) is 0 Å². The van der Waals surface area contributed by atoms with E-state index in [1.165, 1.54) is 0 Å². The molecular formula is C20H34O4Si. The van der Waals surface area contributed by atoms with Crippen molar-refractivity contribution >= 4 is 14.6 Å². The second-order valence-corrected chi connectivity index (χ2v) is 12.7. The highest BCUT2D eigenvalue weighted by Crippen LogP contribution is 2.36. The highest BCUT2D eigenvalue weighted by Gasteiger charge is 2.36. The van der Waals surface area contributed by atoms with Crippen molar-refractivity contribution in [1.82, 2.24) is 0 Å². The number of hydrogen-bond acceptors (Lipinski definition) is 4. The van der Waals surface area contributed by atoms with E-state index >= 15 is 0 Å². The third-order valence-corrected chi connectivity index (χ3v) is 9.32. The Morgan fingerprint density at radius 3 is 2.32 bits per heavy atom. The van der Waals surface area contributed by atoms with E-state index < -0.39 is 8.32 Å². The van der Waals surface area contributed by atoms with Gasteiger partial charge in [0.25, 0.3) is 0 Å². The van der Waals surface area contributed by atoms with E-state index in [4.69, 9.17) is 13.9 Å². The van der Waals surface area contributed by atoms with E-state index in [9.17, 15) is 4.79 Å². The van der Waals surface area contributed by atoms with Gasteiger partial charge in [-0.05, 0) is 43.6 Å². The maximum Gasteiger partial charge on any atom is 0.191 e. The number of rotatable bonds is 10. The highest BCUT2D eigenvalue weighted by molar-refractivity contribution is 6.74. The second kappa shape index (κ2) is 9.39. The van der Waals surface area contributed by atoms with Crippen molar-refractivity contribution in [2.45, 2.75) is 65.6 Å². The number of aldehydes is 1. The van der Waals surface area contributed by atoms with Crippen molar-refractivity contribution in [2.75, 3.05) is 19.8 Å². The van der Waals surface area contributed by atoms with Gasteiger partial charge in [0.1, 0.15) is 11.5 Å². The molecule has 0 amide bonds. The number of carbonyl (C=O) groups excluding carboxylic acids is 1. The molecular weight excluding hydrogens is 332 g/mol. The molecule has 0 fully saturated rings. The van der Waals surface area contributed by atoms with Gasteiger partial charge in [-0.3, -0.25) is 4.79 Å². The van der Waals surface area contributed by atoms with Crippen LogP contribution in [0.25, 0.3) is 0 Å². The van der Waals surface area contributed by atoms with Crippen molar-refractivity contribution in [3.05, 3.63) is 23.3 Å². The maximum atomic E-state index is 11.3. The average molecular weight is 367 g/mol. The first-order chi connectivity index (χ1) is 11.6. The summed E-state index contributed by atoms with van der Waals surface area (Å²) in [5.74, 6) is 1.40. The lowest BCUT2D eigenvalue weighted by Crippen LogP contribution is -2.41. The van der Waals surface area contributed by atoms with Gasteiger partial charge in [-0.25, -0.2) is 0 Å². The molecule has 25 heavy (non-hydrogen) atoms. The van der Waals surface area contributed by atoms with E-state index in [2.05, 4.69) is 40.8 Å². The van der Waals surface area contributed by atoms with Crippen LogP contribution in [0.3, 0.4) is 0 Å². The topological polar surface area (TPSA) is 44.8 Å². The fourth-order valence-corrected chi connectivity index (χ4v) is 3.21. The second-order valence-electron chi connectivity index (χ2n) is 7.88. The van der Waals surface area contributed by atoms with Crippen LogP contribution in [0, 0.1) is 6.92 Å². The minimum absolute atomic E-state index is 0.208. The van der Waals surface area contributed by atoms with Crippen LogP contribution in [0.15, 0.2) is 12.1 Å². The molecule has 0 bridgehead atoms. The molecule has 0 aromatic heterocycles. The Labute approximate surface area is 154 Å². The van der Waals surface area contributed by atoms with Gasteiger partial charge in [0.2, 0.25) is 0 Å². The standard InChI is InChI=1S/C20H34O4Si/c1-8-12-22-18-11-10-17(15-21)19(16(18)2)23-13-9-14-24-25(6,7)20(3,4)5/h10-11,15H,8-9,12-14H2,1-7H3. The van der Waals surface area contributed by atoms with Gasteiger partial charge in [-0.1, -0.05) is 27.7 Å². The summed E-state index contributed by atoms with van der Waals surface area (Å²) in [5.41, 5.74) is 1.44. The molecule has 0 radical (unpaired) electrons. The quantitative estimate of drug-likeness (QED) is 0.316. The number of hydrogen-bond donors (Lipinski definition) is 0. The van der Waals surface area contributed by atoms with Gasteiger partial charge < -0.3 is 13.9 Å². The molecule has 5 heteroatoms. The fourth-order valence-electron chi connectivity index (χ4n) is 2.12. The lowest BCUT2D eigenvalue weighted by atomic mass is 10.1. The molecule has 4 nitrogen and oxygen atoms in total. The Morgan fingerprint density at radius 2 is 1.76 bits per heavy atom. The minimum atomic E-state index is -1.72. The molecule has 0 aliphatic heterocycles. The zero-order valence-corrected chi connectivity index (χ0v) is 17.9. The predicted molar refractivity (Wildman–Crippen MR) is 106 cm³/mol. The third-order valence-electron chi connectivity index (χ3n) is 4.78. The summed E-state index contributed by atoms with van der Waals surface area (Å²) in [6.45, 7) is 17.0. The molecule has 0 spiro atoms. The summed E-state index contributed by atoms with van der Waals surface area (Å²) >= 11 is 0. The molecule has 1 rings (SSSR count). The minimum Gasteiger partial charge on any atom is -0.493 e. The van der Waals surface area contributed by atoms with E-state index in [0.717, 1.165) is 30.4 Å². The normalized spacial score (nSPS) is 12.1. The Morgan fingerprint density at radius 1 is 1.08 bits per heavy atom. The number of benzene rings is 1. The summed E-state index contributed by atoms with van der Waals surface area (Å²) in [6.07, 6.45) is 2.57. The van der Waals surface area contributed by atoms with Gasteiger partial charge in [0, 0.05) is 18.6 Å². The molecule has 0 saturated heterocycles. The van der Waals surface area contributed by atoms with Gasteiger partial charge in [0.15, 0.2) is 14.6 Å². The van der Waals surface area contributed by atoms with Crippen LogP contribution < -0.4 is 9.47 Å². The van der Waals surface area contributed by atoms with Crippen molar-refractivity contribution in [3.8, 4) is 11.5 Å². The summed E-state index contributed by atoms with van der Waals surface area (Å²) in [7, 11) is -1.72. The van der Waals surface area contributed by atoms with E-state index in [1.807, 2.05) is 13.0 Å². The zero-order valence-electron chi connectivity index (χ0n) is 16.9. The maximum absolute atomic E-state index is 11.3. The van der Waals surface area contributed by atoms with E-state index in [-0.39, 0.29) is 5.04 Å². The Bertz CT molecular complexity index is 562. The third kappa shape index (κ3) is 6.15. The first-order valence-electron chi connectivity index (χ1n) is 9.12. The monoisotopic (exact) mass is 366 g/mol. The highest BCUT2D eigenvalue weighted by atomic mass is 28.4. The Kier molecular flexibility index (Phi) is 8.15. The molecule has 1 aromatic carbocycles. The summed E-state index contributed by atoms with van der Waals surface area (Å²) in [4.78, 5) is 11.3. The molecule has 0 aliphatic rings. The summed E-state index contributed by atoms with van der Waals surface area (Å²) < 4.78 is 17.8. The molecule has 142 valence electrons. The molecule has 0 aliphatic carbocycles. The molecule has 0 unspecified atom stereocenters. The van der Waals surface area contributed by atoms with Crippen LogP contribution >= 0.6 is 0 Å². The van der Waals surface area contributed by atoms with Crippen molar-refractivity contribution in [2.24, 2.45) is 0 Å². The lowest BCUT2D eigenvalue weighted by molar-refractivity contribution is 0.111. The lowest BCUT2D eigenvalue weighted by Gasteiger charge is -2.36. The van der Waals surface area contributed by atoms with E-state index in [1.54, 1.807) is 6.07 Å². The van der Waals surface area contributed by atoms with Gasteiger partial charge in [-0.2, -0.15) is 0 Å². The first-order valence-corrected chi connectivity index (χ1v) is 12.0. The van der Waals surface area contributed by atoms with E-state index in [0.29, 0.717) is 31.1 Å². The first kappa shape index (κ1) is 21.7. The molecule has 0 heterocycles. The largest absolute Gasteiger partial charge is 0.493 e. The number of carbonyl (C=O) groups is 1. The predicted octanol–water partition coefficient (Wildman–Crippen LogP) is 5.39. The molecule has 0 N–H and O–H groups in total. The van der Waals surface area contributed by atoms with Crippen molar-refractivity contribution < 1.29 is 18.7 Å². The molecule has 0 atom stereocenters. The van der Waals surface area contributed by atoms with Crippen LogP contribution in [-0.2, 0) is 4.43 Å². The van der Waals surface area contributed by atoms with Crippen LogP contribution in [0.2, 0.25) is 18.1 Å². The number of ether oxygens (including phenoxy) is 2. The molecule has 1 aromatic rings. The average Bonchev–Trinajstić information content (AvgIpc) is 2.53. The Hall–Kier alpha value is -1.33. The smallest absolute Gasteiger partial charge is 0.191 e. The van der Waals surface area contributed by atoms with Crippen molar-refractivity contribution in [3.63, 3.8) is 0 Å². The Balaban J connectivity index is 2.63. The fraction of sp³-hybridized carbons (Fsp3) is 0.650. The summed E-state index contributed by atoms with van der Waals surface area (Å²) in [6, 6.07) is 3.59. The van der Waals surface area contributed by atoms with Gasteiger partial charge in [-0.15, -0.1) is 0 Å². The summed E-state index contributed by atoms with van der Waals surface area (Å²) in [5, 5.41) is 0.208. The van der Waals surface area contributed by atoms with Crippen LogP contribution in [0.5, 0.6) is 11.5 Å².